The fourth-order valence-electron chi connectivity index (χ4n) is 4.32. The van der Waals surface area contributed by atoms with E-state index in [1.165, 1.54) is 4.90 Å². The van der Waals surface area contributed by atoms with Gasteiger partial charge in [-0.05, 0) is 62.2 Å². The Bertz CT molecular complexity index is 1260. The van der Waals surface area contributed by atoms with Crippen molar-refractivity contribution in [2.24, 2.45) is 0 Å². The molecule has 2 aromatic carbocycles. The summed E-state index contributed by atoms with van der Waals surface area (Å²) < 4.78 is 13.2. The number of ether oxygens (including phenoxy) is 2. The molecule has 0 bridgehead atoms. The quantitative estimate of drug-likeness (QED) is 0.176. The van der Waals surface area contributed by atoms with Gasteiger partial charge in [0.25, 0.3) is 11.7 Å². The van der Waals surface area contributed by atoms with E-state index in [0.29, 0.717) is 48.7 Å². The van der Waals surface area contributed by atoms with E-state index < -0.39 is 17.7 Å². The second-order valence-electron chi connectivity index (χ2n) is 9.01. The van der Waals surface area contributed by atoms with Crippen LogP contribution in [0.15, 0.2) is 85.5 Å². The molecular weight excluding hydrogens is 470 g/mol. The lowest BCUT2D eigenvalue weighted by molar-refractivity contribution is -0.139. The largest absolute Gasteiger partial charge is 0.507 e. The van der Waals surface area contributed by atoms with Crippen LogP contribution in [0.5, 0.6) is 11.5 Å². The van der Waals surface area contributed by atoms with Gasteiger partial charge in [-0.2, -0.15) is 0 Å². The molecule has 8 heteroatoms. The van der Waals surface area contributed by atoms with E-state index >= 15 is 0 Å². The van der Waals surface area contributed by atoms with Crippen LogP contribution >= 0.6 is 0 Å². The highest BCUT2D eigenvalue weighted by Gasteiger charge is 2.45. The average Bonchev–Trinajstić information content (AvgIpc) is 3.50. The van der Waals surface area contributed by atoms with Gasteiger partial charge >= 0.3 is 0 Å². The number of nitrogens with zero attached hydrogens (tertiary/aromatic N) is 3. The molecule has 1 aliphatic rings. The fourth-order valence-corrected chi connectivity index (χ4v) is 4.32. The summed E-state index contributed by atoms with van der Waals surface area (Å²) >= 11 is 0. The van der Waals surface area contributed by atoms with Crippen LogP contribution in [0.4, 0.5) is 0 Å². The van der Waals surface area contributed by atoms with Crippen LogP contribution in [0, 0.1) is 0 Å². The minimum atomic E-state index is -0.733. The van der Waals surface area contributed by atoms with Gasteiger partial charge in [-0.25, -0.2) is 4.98 Å². The zero-order valence-corrected chi connectivity index (χ0v) is 21.0. The van der Waals surface area contributed by atoms with Gasteiger partial charge in [-0.15, -0.1) is 0 Å². The number of Topliss-reactive ketones (excluding diaryl/α,β-unsaturated/α-hetero) is 1. The maximum atomic E-state index is 13.2. The van der Waals surface area contributed by atoms with Crippen molar-refractivity contribution in [3.8, 4) is 11.5 Å². The molecule has 2 heterocycles. The van der Waals surface area contributed by atoms with Gasteiger partial charge in [0.05, 0.1) is 24.0 Å². The van der Waals surface area contributed by atoms with E-state index in [-0.39, 0.29) is 17.4 Å². The van der Waals surface area contributed by atoms with Crippen molar-refractivity contribution in [2.45, 2.75) is 39.0 Å². The molecule has 1 N–H and O–H groups in total. The number of aliphatic hydroxyl groups excluding tert-OH is 1. The average molecular weight is 502 g/mol. The first kappa shape index (κ1) is 25.8. The van der Waals surface area contributed by atoms with Crippen LogP contribution in [0.3, 0.4) is 0 Å². The number of ketones is 1. The molecule has 1 amide bonds. The minimum Gasteiger partial charge on any atom is -0.507 e. The van der Waals surface area contributed by atoms with Crippen molar-refractivity contribution in [3.63, 3.8) is 0 Å². The minimum absolute atomic E-state index is 0.00512. The van der Waals surface area contributed by atoms with Crippen LogP contribution < -0.4 is 9.47 Å². The first-order valence-corrected chi connectivity index (χ1v) is 12.2. The first-order chi connectivity index (χ1) is 17.9. The molecule has 0 radical (unpaired) electrons. The van der Waals surface area contributed by atoms with Crippen LogP contribution in [0.1, 0.15) is 37.4 Å². The molecule has 1 aliphatic heterocycles. The summed E-state index contributed by atoms with van der Waals surface area (Å²) in [5, 5.41) is 11.3. The third-order valence-electron chi connectivity index (χ3n) is 5.98. The van der Waals surface area contributed by atoms with Crippen LogP contribution in [-0.4, -0.2) is 50.5 Å². The van der Waals surface area contributed by atoms with Crippen LogP contribution in [-0.2, 0) is 16.1 Å². The van der Waals surface area contributed by atoms with E-state index in [4.69, 9.17) is 9.47 Å². The number of imidazole rings is 1. The number of hydrogen-bond acceptors (Lipinski definition) is 6. The molecule has 3 aromatic rings. The number of rotatable bonds is 11. The van der Waals surface area contributed by atoms with Gasteiger partial charge in [-0.3, -0.25) is 9.59 Å². The highest BCUT2D eigenvalue weighted by atomic mass is 16.5. The van der Waals surface area contributed by atoms with Crippen LogP contribution in [0.2, 0.25) is 0 Å². The van der Waals surface area contributed by atoms with Gasteiger partial charge in [0.15, 0.2) is 0 Å². The maximum absolute atomic E-state index is 13.2. The Kier molecular flexibility index (Phi) is 8.08. The van der Waals surface area contributed by atoms with Crippen molar-refractivity contribution in [1.29, 1.82) is 0 Å². The number of amides is 1. The molecule has 0 spiro atoms. The van der Waals surface area contributed by atoms with Gasteiger partial charge in [0.1, 0.15) is 23.9 Å². The predicted molar refractivity (Wildman–Crippen MR) is 140 cm³/mol. The molecule has 1 unspecified atom stereocenters. The summed E-state index contributed by atoms with van der Waals surface area (Å²) in [4.78, 5) is 32.0. The Balaban J connectivity index is 1.68. The van der Waals surface area contributed by atoms with Crippen molar-refractivity contribution in [1.82, 2.24) is 14.5 Å². The Hall–Kier alpha value is -4.33. The topological polar surface area (TPSA) is 93.9 Å². The summed E-state index contributed by atoms with van der Waals surface area (Å²) in [6, 6.07) is 13.3. The highest BCUT2D eigenvalue weighted by molar-refractivity contribution is 6.46. The zero-order valence-electron chi connectivity index (χ0n) is 21.0. The maximum Gasteiger partial charge on any atom is 0.295 e. The fraction of sp³-hybridized carbons (Fsp3) is 0.276. The first-order valence-electron chi connectivity index (χ1n) is 12.2. The molecule has 1 saturated heterocycles. The highest BCUT2D eigenvalue weighted by Crippen LogP contribution is 2.40. The molecule has 4 rings (SSSR count). The molecule has 8 nitrogen and oxygen atoms in total. The van der Waals surface area contributed by atoms with Crippen molar-refractivity contribution in [2.75, 3.05) is 13.2 Å². The molecule has 0 aliphatic carbocycles. The Labute approximate surface area is 216 Å². The molecular formula is C29H31N3O5. The molecule has 1 fully saturated rings. The Morgan fingerprint density at radius 3 is 2.41 bits per heavy atom. The zero-order chi connectivity index (χ0) is 26.4. The number of carbonyl (C=O) groups is 2. The Morgan fingerprint density at radius 2 is 1.78 bits per heavy atom. The lowest BCUT2D eigenvalue weighted by Gasteiger charge is -2.25. The van der Waals surface area contributed by atoms with Crippen molar-refractivity contribution in [3.05, 3.63) is 96.6 Å². The monoisotopic (exact) mass is 501 g/mol. The Morgan fingerprint density at radius 1 is 1.08 bits per heavy atom. The lowest BCUT2D eigenvalue weighted by Crippen LogP contribution is -2.31. The van der Waals surface area contributed by atoms with E-state index in [9.17, 15) is 14.7 Å². The number of hydrogen-bond donors (Lipinski definition) is 1. The number of carbonyl (C=O) groups excluding carboxylic acids is 2. The number of aromatic nitrogens is 2. The third-order valence-corrected chi connectivity index (χ3v) is 5.98. The smallest absolute Gasteiger partial charge is 0.295 e. The number of aryl methyl sites for hydroxylation is 1. The molecule has 37 heavy (non-hydrogen) atoms. The van der Waals surface area contributed by atoms with Gasteiger partial charge in [0.2, 0.25) is 0 Å². The summed E-state index contributed by atoms with van der Waals surface area (Å²) in [6.45, 7) is 8.84. The summed E-state index contributed by atoms with van der Waals surface area (Å²) in [5.41, 5.74) is 1.20. The lowest BCUT2D eigenvalue weighted by atomic mass is 9.95. The summed E-state index contributed by atoms with van der Waals surface area (Å²) in [6.07, 6.45) is 7.52. The van der Waals surface area contributed by atoms with E-state index in [1.807, 2.05) is 36.7 Å². The standard InChI is InChI=1S/C29H31N3O5/c1-4-18-36-23-10-6-21(7-11-23)26-25(27(33)22-8-12-24(13-9-22)37-20(2)3)28(34)29(35)32(26)16-5-15-31-17-14-30-19-31/h4,6-14,17,19-20,26,33H,1,5,15-16,18H2,2-3H3/b27-25-. The van der Waals surface area contributed by atoms with E-state index in [0.717, 1.165) is 0 Å². The van der Waals surface area contributed by atoms with E-state index in [1.54, 1.807) is 55.0 Å². The second kappa shape index (κ2) is 11.6. The number of likely N-dealkylation sites (tertiary alicyclic amines) is 1. The predicted octanol–water partition coefficient (Wildman–Crippen LogP) is 4.75. The third kappa shape index (κ3) is 5.91. The van der Waals surface area contributed by atoms with Crippen molar-refractivity contribution < 1.29 is 24.2 Å². The van der Waals surface area contributed by atoms with Gasteiger partial charge in [-0.1, -0.05) is 24.8 Å². The van der Waals surface area contributed by atoms with Gasteiger partial charge < -0.3 is 24.0 Å². The second-order valence-corrected chi connectivity index (χ2v) is 9.01. The molecule has 192 valence electrons. The number of aliphatic hydroxyl groups is 1. The van der Waals surface area contributed by atoms with E-state index in [2.05, 4.69) is 11.6 Å². The van der Waals surface area contributed by atoms with Crippen LogP contribution in [0.25, 0.3) is 5.76 Å². The molecule has 1 atom stereocenters. The molecule has 0 saturated carbocycles. The molecule has 1 aromatic heterocycles. The number of benzene rings is 2. The summed E-state index contributed by atoms with van der Waals surface area (Å²) in [7, 11) is 0. The summed E-state index contributed by atoms with van der Waals surface area (Å²) in [5.74, 6) is -0.272. The SMILES string of the molecule is C=CCOc1ccc(C2/C(=C(/O)c3ccc(OC(C)C)cc3)C(=O)C(=O)N2CCCn2ccnc2)cc1. The normalized spacial score (nSPS) is 16.8. The van der Waals surface area contributed by atoms with Crippen molar-refractivity contribution >= 4 is 17.4 Å². The van der Waals surface area contributed by atoms with Gasteiger partial charge in [0, 0.05) is 31.0 Å².